The van der Waals surface area contributed by atoms with Crippen LogP contribution in [0.1, 0.15) is 29.0 Å². The Morgan fingerprint density at radius 2 is 1.78 bits per heavy atom. The van der Waals surface area contributed by atoms with Crippen LogP contribution in [0.4, 0.5) is 17.8 Å². The second-order valence-corrected chi connectivity index (χ2v) is 8.20. The maximum absolute atomic E-state index is 12.2. The molecule has 0 unspecified atom stereocenters. The van der Waals surface area contributed by atoms with E-state index in [0.29, 0.717) is 36.8 Å². The molecule has 4 heterocycles. The summed E-state index contributed by atoms with van der Waals surface area (Å²) in [5.41, 5.74) is 3.65. The first-order chi connectivity index (χ1) is 17.7. The summed E-state index contributed by atoms with van der Waals surface area (Å²) in [6.07, 6.45) is 5.25. The Morgan fingerprint density at radius 3 is 2.47 bits per heavy atom. The van der Waals surface area contributed by atoms with Crippen LogP contribution in [0.25, 0.3) is 0 Å². The Morgan fingerprint density at radius 1 is 1.03 bits per heavy atom. The number of nitrogens with zero attached hydrogens (tertiary/aromatic N) is 6. The van der Waals surface area contributed by atoms with E-state index in [1.807, 2.05) is 0 Å². The van der Waals surface area contributed by atoms with Crippen molar-refractivity contribution in [3.05, 3.63) is 47.9 Å². The Labute approximate surface area is 207 Å². The maximum Gasteiger partial charge on any atom is 0.379 e. The molecule has 0 atom stereocenters. The summed E-state index contributed by atoms with van der Waals surface area (Å²) < 4.78 is 21.3. The zero-order chi connectivity index (χ0) is 24.7. The normalized spacial score (nSPS) is 15.9. The standard InChI is InChI=1S/C24H27N7O5/c1-33-20-15-17(6-7-18(20)36-21(32)19-5-4-12-35-19)16-25-29-22-26-23(30-8-2-3-9-30)28-24(27-22)31-10-13-34-14-11-31/h4-7,12,15-16H,2-3,8-11,13-14H2,1H3,(H,26,27,28,29)/b25-16-. The number of carbonyl (C=O) groups is 1. The number of hydrazone groups is 1. The fraction of sp³-hybridized carbons (Fsp3) is 0.375. The molecule has 0 saturated carbocycles. The second-order valence-electron chi connectivity index (χ2n) is 8.20. The van der Waals surface area contributed by atoms with E-state index in [-0.39, 0.29) is 11.5 Å². The van der Waals surface area contributed by atoms with Crippen molar-refractivity contribution in [1.29, 1.82) is 0 Å². The minimum atomic E-state index is -0.610. The molecule has 1 N–H and O–H groups in total. The van der Waals surface area contributed by atoms with Crippen LogP contribution in [0, 0.1) is 0 Å². The summed E-state index contributed by atoms with van der Waals surface area (Å²) in [5.74, 6) is 1.76. The summed E-state index contributed by atoms with van der Waals surface area (Å²) in [6, 6.07) is 8.23. The topological polar surface area (TPSA) is 127 Å². The predicted octanol–water partition coefficient (Wildman–Crippen LogP) is 2.58. The van der Waals surface area contributed by atoms with E-state index in [1.54, 1.807) is 30.5 Å². The van der Waals surface area contributed by atoms with Gasteiger partial charge in [0.1, 0.15) is 0 Å². The number of benzene rings is 1. The van der Waals surface area contributed by atoms with Gasteiger partial charge in [0, 0.05) is 26.2 Å². The van der Waals surface area contributed by atoms with E-state index in [4.69, 9.17) is 23.6 Å². The first-order valence-corrected chi connectivity index (χ1v) is 11.8. The number of nitrogens with one attached hydrogen (secondary N) is 1. The van der Waals surface area contributed by atoms with Gasteiger partial charge >= 0.3 is 5.97 Å². The van der Waals surface area contributed by atoms with Crippen LogP contribution in [-0.4, -0.2) is 73.6 Å². The molecule has 2 fully saturated rings. The van der Waals surface area contributed by atoms with Crippen molar-refractivity contribution in [3.63, 3.8) is 0 Å². The van der Waals surface area contributed by atoms with Gasteiger partial charge in [-0.15, -0.1) is 0 Å². The van der Waals surface area contributed by atoms with Crippen molar-refractivity contribution in [1.82, 2.24) is 15.0 Å². The highest BCUT2D eigenvalue weighted by atomic mass is 16.6. The second kappa shape index (κ2) is 11.0. The highest BCUT2D eigenvalue weighted by molar-refractivity contribution is 5.89. The van der Waals surface area contributed by atoms with Gasteiger partial charge in [-0.25, -0.2) is 10.2 Å². The summed E-state index contributed by atoms with van der Waals surface area (Å²) >= 11 is 0. The Hall–Kier alpha value is -4.19. The van der Waals surface area contributed by atoms with Crippen LogP contribution in [0.5, 0.6) is 11.5 Å². The molecule has 0 amide bonds. The van der Waals surface area contributed by atoms with Gasteiger partial charge < -0.3 is 28.4 Å². The van der Waals surface area contributed by atoms with Crippen LogP contribution in [0.2, 0.25) is 0 Å². The van der Waals surface area contributed by atoms with Crippen molar-refractivity contribution in [2.24, 2.45) is 5.10 Å². The predicted molar refractivity (Wildman–Crippen MR) is 132 cm³/mol. The molecule has 2 aliphatic rings. The zero-order valence-corrected chi connectivity index (χ0v) is 19.9. The van der Waals surface area contributed by atoms with Gasteiger partial charge in [0.15, 0.2) is 11.5 Å². The number of furan rings is 1. The summed E-state index contributed by atoms with van der Waals surface area (Å²) in [6.45, 7) is 4.57. The first-order valence-electron chi connectivity index (χ1n) is 11.8. The third-order valence-corrected chi connectivity index (χ3v) is 5.79. The highest BCUT2D eigenvalue weighted by Gasteiger charge is 2.21. The quantitative estimate of drug-likeness (QED) is 0.215. The number of esters is 1. The van der Waals surface area contributed by atoms with E-state index in [0.717, 1.165) is 44.6 Å². The van der Waals surface area contributed by atoms with Crippen LogP contribution in [0.3, 0.4) is 0 Å². The summed E-state index contributed by atoms with van der Waals surface area (Å²) in [7, 11) is 1.50. The van der Waals surface area contributed by atoms with Crippen LogP contribution < -0.4 is 24.7 Å². The number of anilines is 3. The smallest absolute Gasteiger partial charge is 0.379 e. The van der Waals surface area contributed by atoms with E-state index in [1.165, 1.54) is 19.4 Å². The molecule has 2 saturated heterocycles. The first kappa shape index (κ1) is 23.5. The van der Waals surface area contributed by atoms with Crippen molar-refractivity contribution in [2.45, 2.75) is 12.8 Å². The fourth-order valence-electron chi connectivity index (χ4n) is 3.93. The number of ether oxygens (including phenoxy) is 3. The molecule has 2 aromatic heterocycles. The molecule has 12 nitrogen and oxygen atoms in total. The van der Waals surface area contributed by atoms with E-state index < -0.39 is 5.97 Å². The lowest BCUT2D eigenvalue weighted by molar-refractivity contribution is 0.0696. The van der Waals surface area contributed by atoms with Gasteiger partial charge in [-0.05, 0) is 48.7 Å². The maximum atomic E-state index is 12.2. The molecule has 188 valence electrons. The molecule has 12 heteroatoms. The fourth-order valence-corrected chi connectivity index (χ4v) is 3.93. The minimum absolute atomic E-state index is 0.106. The lowest BCUT2D eigenvalue weighted by atomic mass is 10.2. The Kier molecular flexibility index (Phi) is 7.22. The minimum Gasteiger partial charge on any atom is -0.493 e. The summed E-state index contributed by atoms with van der Waals surface area (Å²) in [5, 5.41) is 4.30. The van der Waals surface area contributed by atoms with Crippen LogP contribution in [0.15, 0.2) is 46.1 Å². The van der Waals surface area contributed by atoms with Crippen LogP contribution in [-0.2, 0) is 4.74 Å². The molecular weight excluding hydrogens is 466 g/mol. The molecule has 0 bridgehead atoms. The molecule has 0 aliphatic carbocycles. The third kappa shape index (κ3) is 5.54. The zero-order valence-electron chi connectivity index (χ0n) is 19.9. The van der Waals surface area contributed by atoms with Crippen molar-refractivity contribution in [2.75, 3.05) is 61.7 Å². The number of hydrogen-bond acceptors (Lipinski definition) is 12. The monoisotopic (exact) mass is 493 g/mol. The molecule has 36 heavy (non-hydrogen) atoms. The van der Waals surface area contributed by atoms with Crippen molar-refractivity contribution >= 4 is 30.0 Å². The van der Waals surface area contributed by atoms with Gasteiger partial charge in [0.2, 0.25) is 23.6 Å². The molecule has 0 spiro atoms. The molecular formula is C24H27N7O5. The number of carbonyl (C=O) groups excluding carboxylic acids is 1. The van der Waals surface area contributed by atoms with Gasteiger partial charge in [0.05, 0.1) is 32.8 Å². The lowest BCUT2D eigenvalue weighted by Crippen LogP contribution is -2.38. The Bertz CT molecular complexity index is 1210. The number of morpholine rings is 1. The number of aromatic nitrogens is 3. The SMILES string of the molecule is COc1cc(/C=N\Nc2nc(N3CCCC3)nc(N3CCOCC3)n2)ccc1OC(=O)c1ccco1. The van der Waals surface area contributed by atoms with E-state index in [2.05, 4.69) is 30.3 Å². The molecule has 5 rings (SSSR count). The third-order valence-electron chi connectivity index (χ3n) is 5.79. The van der Waals surface area contributed by atoms with E-state index >= 15 is 0 Å². The van der Waals surface area contributed by atoms with Gasteiger partial charge in [-0.1, -0.05) is 0 Å². The average molecular weight is 494 g/mol. The van der Waals surface area contributed by atoms with Crippen LogP contribution >= 0.6 is 0 Å². The largest absolute Gasteiger partial charge is 0.493 e. The van der Waals surface area contributed by atoms with Gasteiger partial charge in [-0.3, -0.25) is 0 Å². The highest BCUT2D eigenvalue weighted by Crippen LogP contribution is 2.28. The van der Waals surface area contributed by atoms with E-state index in [9.17, 15) is 4.79 Å². The number of hydrogen-bond donors (Lipinski definition) is 1. The number of methoxy groups -OCH3 is 1. The van der Waals surface area contributed by atoms with Gasteiger partial charge in [0.25, 0.3) is 0 Å². The average Bonchev–Trinajstić information content (AvgIpc) is 3.65. The molecule has 3 aromatic rings. The molecule has 0 radical (unpaired) electrons. The lowest BCUT2D eigenvalue weighted by Gasteiger charge is -2.27. The van der Waals surface area contributed by atoms with Crippen molar-refractivity contribution in [3.8, 4) is 11.5 Å². The summed E-state index contributed by atoms with van der Waals surface area (Å²) in [4.78, 5) is 30.3. The van der Waals surface area contributed by atoms with Gasteiger partial charge in [-0.2, -0.15) is 20.1 Å². The Balaban J connectivity index is 1.30. The van der Waals surface area contributed by atoms with Crippen molar-refractivity contribution < 1.29 is 23.4 Å². The molecule has 1 aromatic carbocycles. The molecule has 2 aliphatic heterocycles. The number of rotatable bonds is 8.